The lowest BCUT2D eigenvalue weighted by atomic mass is 9.38. The maximum atomic E-state index is 13.2. The fourth-order valence-corrected chi connectivity index (χ4v) is 13.1. The summed E-state index contributed by atoms with van der Waals surface area (Å²) in [5, 5.41) is 37.3. The lowest BCUT2D eigenvalue weighted by Gasteiger charge is -2.66. The number of hydrogen-bond donors (Lipinski definition) is 4. The highest BCUT2D eigenvalue weighted by Gasteiger charge is 2.85. The first-order valence-electron chi connectivity index (χ1n) is 17.5. The van der Waals surface area contributed by atoms with Gasteiger partial charge in [0, 0.05) is 51.9 Å². The van der Waals surface area contributed by atoms with Crippen molar-refractivity contribution >= 4 is 10.9 Å². The first kappa shape index (κ1) is 29.2. The van der Waals surface area contributed by atoms with Crippen molar-refractivity contribution in [3.8, 4) is 0 Å². The standard InChI is InChI=1S/C39H51NO5/c1-18(2)22-16-21-11-13-36(6)37(7)24(12-14-38(36,43)39(21)34(45-39)31(22)41)32(44-8)30-29-26(40-33(30)37)10-9-20-15-19(3)23-17-25(35(4,5)42)28(23)27(20)29/h9-10,21-25,28,31-32,34,40-43H,1,3,11-17H2,2,4-8H3. The summed E-state index contributed by atoms with van der Waals surface area (Å²) in [6, 6.07) is 4.52. The minimum absolute atomic E-state index is 0.0190. The summed E-state index contributed by atoms with van der Waals surface area (Å²) in [6.45, 7) is 19.4. The van der Waals surface area contributed by atoms with Gasteiger partial charge >= 0.3 is 0 Å². The molecule has 1 aromatic carbocycles. The van der Waals surface area contributed by atoms with E-state index in [-0.39, 0.29) is 47.2 Å². The van der Waals surface area contributed by atoms with E-state index < -0.39 is 28.3 Å². The number of hydrogen-bond acceptors (Lipinski definition) is 5. The summed E-state index contributed by atoms with van der Waals surface area (Å²) in [5.74, 6) is 1.25. The minimum atomic E-state index is -1.07. The molecule has 242 valence electrons. The fraction of sp³-hybridized carbons (Fsp3) is 0.692. The Balaban J connectivity index is 1.23. The SMILES string of the molecule is C=C(C)C1CC2CCC3(C)C4(C)c5[nH]c6ccc7c(c6c5C(OC)C4CCC3(O)C23OC3C1O)C1C(CC1C(C)(C)O)C(=C)C7. The Morgan fingerprint density at radius 2 is 1.89 bits per heavy atom. The topological polar surface area (TPSA) is 98.2 Å². The number of nitrogens with one attached hydrogen (secondary N) is 1. The molecule has 1 aromatic heterocycles. The fourth-order valence-electron chi connectivity index (χ4n) is 13.1. The third-order valence-corrected chi connectivity index (χ3v) is 15.6. The van der Waals surface area contributed by atoms with Crippen LogP contribution in [-0.4, -0.2) is 56.4 Å². The van der Waals surface area contributed by atoms with Crippen molar-refractivity contribution in [3.05, 3.63) is 58.8 Å². The normalized spacial score (nSPS) is 49.1. The zero-order chi connectivity index (χ0) is 31.8. The van der Waals surface area contributed by atoms with Crippen LogP contribution in [0.4, 0.5) is 0 Å². The molecule has 1 spiro atoms. The number of benzene rings is 1. The number of rotatable bonds is 3. The summed E-state index contributed by atoms with van der Waals surface area (Å²) in [5.41, 5.74) is 5.21. The van der Waals surface area contributed by atoms with E-state index in [0.717, 1.165) is 49.6 Å². The first-order valence-corrected chi connectivity index (χ1v) is 17.5. The summed E-state index contributed by atoms with van der Waals surface area (Å²) in [4.78, 5) is 3.98. The quantitative estimate of drug-likeness (QED) is 0.238. The van der Waals surface area contributed by atoms with E-state index in [1.54, 1.807) is 0 Å². The summed E-state index contributed by atoms with van der Waals surface area (Å²) < 4.78 is 13.2. The number of aromatic nitrogens is 1. The highest BCUT2D eigenvalue weighted by atomic mass is 16.6. The Kier molecular flexibility index (Phi) is 5.54. The van der Waals surface area contributed by atoms with Crippen molar-refractivity contribution in [1.29, 1.82) is 0 Å². The van der Waals surface area contributed by atoms with Gasteiger partial charge in [0.2, 0.25) is 0 Å². The molecule has 13 unspecified atom stereocenters. The molecule has 0 radical (unpaired) electrons. The molecule has 2 aromatic rings. The van der Waals surface area contributed by atoms with Gasteiger partial charge in [-0.05, 0) is 107 Å². The largest absolute Gasteiger partial charge is 0.390 e. The van der Waals surface area contributed by atoms with Crippen LogP contribution in [0, 0.1) is 35.0 Å². The average Bonchev–Trinajstić information content (AvgIpc) is 3.53. The maximum Gasteiger partial charge on any atom is 0.129 e. The molecule has 4 N–H and O–H groups in total. The number of aliphatic hydroxyl groups excluding tert-OH is 1. The van der Waals surface area contributed by atoms with Gasteiger partial charge in [0.15, 0.2) is 0 Å². The van der Waals surface area contributed by atoms with Crippen molar-refractivity contribution in [1.82, 2.24) is 4.98 Å². The Labute approximate surface area is 267 Å². The predicted octanol–water partition coefficient (Wildman–Crippen LogP) is 6.38. The van der Waals surface area contributed by atoms with E-state index in [2.05, 4.69) is 44.1 Å². The third kappa shape index (κ3) is 3.03. The van der Waals surface area contributed by atoms with Crippen molar-refractivity contribution in [3.63, 3.8) is 0 Å². The van der Waals surface area contributed by atoms with Gasteiger partial charge in [0.25, 0.3) is 0 Å². The molecule has 1 aliphatic heterocycles. The Hall–Kier alpha value is -1.96. The van der Waals surface area contributed by atoms with E-state index in [9.17, 15) is 15.3 Å². The highest BCUT2D eigenvalue weighted by Crippen LogP contribution is 2.78. The molecule has 9 rings (SSSR count). The van der Waals surface area contributed by atoms with Crippen LogP contribution in [0.25, 0.3) is 10.9 Å². The molecular weight excluding hydrogens is 562 g/mol. The monoisotopic (exact) mass is 613 g/mol. The Bertz CT molecular complexity index is 1680. The zero-order valence-corrected chi connectivity index (χ0v) is 27.9. The van der Waals surface area contributed by atoms with Crippen LogP contribution in [0.3, 0.4) is 0 Å². The average molecular weight is 614 g/mol. The molecule has 6 nitrogen and oxygen atoms in total. The second kappa shape index (κ2) is 8.54. The van der Waals surface area contributed by atoms with E-state index in [0.29, 0.717) is 12.3 Å². The molecule has 4 saturated carbocycles. The van der Waals surface area contributed by atoms with E-state index >= 15 is 0 Å². The minimum Gasteiger partial charge on any atom is -0.390 e. The molecule has 0 amide bonds. The van der Waals surface area contributed by atoms with E-state index in [4.69, 9.17) is 9.47 Å². The molecule has 6 aliphatic carbocycles. The van der Waals surface area contributed by atoms with Gasteiger partial charge in [0.05, 0.1) is 17.8 Å². The van der Waals surface area contributed by atoms with Gasteiger partial charge in [-0.3, -0.25) is 0 Å². The van der Waals surface area contributed by atoms with Gasteiger partial charge in [-0.1, -0.05) is 44.2 Å². The highest BCUT2D eigenvalue weighted by molar-refractivity contribution is 5.92. The van der Waals surface area contributed by atoms with Crippen LogP contribution in [-0.2, 0) is 21.3 Å². The summed E-state index contributed by atoms with van der Waals surface area (Å²) in [7, 11) is 1.86. The van der Waals surface area contributed by atoms with Gasteiger partial charge < -0.3 is 29.8 Å². The van der Waals surface area contributed by atoms with Gasteiger partial charge in [0.1, 0.15) is 17.3 Å². The number of fused-ring (bicyclic) bond motifs is 11. The lowest BCUT2D eigenvalue weighted by molar-refractivity contribution is -0.246. The molecular formula is C39H51NO5. The molecule has 1 saturated heterocycles. The number of allylic oxidation sites excluding steroid dienone is 1. The third-order valence-electron chi connectivity index (χ3n) is 15.6. The van der Waals surface area contributed by atoms with Crippen molar-refractivity contribution < 1.29 is 24.8 Å². The molecule has 5 fully saturated rings. The lowest BCUT2D eigenvalue weighted by Crippen LogP contribution is -2.74. The van der Waals surface area contributed by atoms with Crippen molar-refractivity contribution in [2.75, 3.05) is 7.11 Å². The smallest absolute Gasteiger partial charge is 0.129 e. The summed E-state index contributed by atoms with van der Waals surface area (Å²) >= 11 is 0. The predicted molar refractivity (Wildman–Crippen MR) is 174 cm³/mol. The maximum absolute atomic E-state index is 13.2. The number of epoxide rings is 1. The van der Waals surface area contributed by atoms with Crippen molar-refractivity contribution in [2.45, 2.75) is 126 Å². The van der Waals surface area contributed by atoms with Crippen LogP contribution in [0.5, 0.6) is 0 Å². The van der Waals surface area contributed by atoms with Gasteiger partial charge in [-0.25, -0.2) is 0 Å². The Morgan fingerprint density at radius 3 is 2.58 bits per heavy atom. The van der Waals surface area contributed by atoms with E-state index in [1.807, 2.05) is 27.9 Å². The van der Waals surface area contributed by atoms with E-state index in [1.165, 1.54) is 33.3 Å². The van der Waals surface area contributed by atoms with Crippen LogP contribution < -0.4 is 0 Å². The number of methoxy groups -OCH3 is 1. The van der Waals surface area contributed by atoms with Crippen LogP contribution in [0.2, 0.25) is 0 Å². The number of aliphatic hydroxyl groups is 3. The van der Waals surface area contributed by atoms with Crippen LogP contribution in [0.15, 0.2) is 36.4 Å². The molecule has 2 heterocycles. The Morgan fingerprint density at radius 1 is 1.13 bits per heavy atom. The number of H-pyrrole nitrogens is 1. The second-order valence-electron chi connectivity index (χ2n) is 17.4. The van der Waals surface area contributed by atoms with Gasteiger partial charge in [-0.2, -0.15) is 0 Å². The summed E-state index contributed by atoms with van der Waals surface area (Å²) in [6.07, 6.45) is 4.97. The molecule has 7 aliphatic rings. The molecule has 0 bridgehead atoms. The van der Waals surface area contributed by atoms with Gasteiger partial charge in [-0.15, -0.1) is 0 Å². The first-order chi connectivity index (χ1) is 21.2. The molecule has 13 atom stereocenters. The van der Waals surface area contributed by atoms with Crippen LogP contribution >= 0.6 is 0 Å². The second-order valence-corrected chi connectivity index (χ2v) is 17.4. The molecule has 6 heteroatoms. The number of ether oxygens (including phenoxy) is 2. The number of aromatic amines is 1. The van der Waals surface area contributed by atoms with Crippen LogP contribution in [0.1, 0.15) is 108 Å². The zero-order valence-electron chi connectivity index (χ0n) is 27.9. The molecule has 45 heavy (non-hydrogen) atoms. The van der Waals surface area contributed by atoms with Crippen molar-refractivity contribution in [2.24, 2.45) is 35.0 Å².